The van der Waals surface area contributed by atoms with E-state index in [2.05, 4.69) is 6.58 Å². The third kappa shape index (κ3) is 2.96. The van der Waals surface area contributed by atoms with E-state index in [-0.39, 0.29) is 11.5 Å². The van der Waals surface area contributed by atoms with Gasteiger partial charge in [-0.2, -0.15) is 0 Å². The number of phenols is 3. The smallest absolute Gasteiger partial charge is 0.200 e. The zero-order chi connectivity index (χ0) is 9.56. The Labute approximate surface area is 71.2 Å². The van der Waals surface area contributed by atoms with Gasteiger partial charge >= 0.3 is 0 Å². The molecule has 1 aromatic carbocycles. The lowest BCUT2D eigenvalue weighted by atomic mass is 10.3. The van der Waals surface area contributed by atoms with Gasteiger partial charge in [-0.15, -0.1) is 6.58 Å². The Balaban J connectivity index is 0.000000354. The lowest BCUT2D eigenvalue weighted by molar-refractivity contribution is 0.368. The van der Waals surface area contributed by atoms with Crippen molar-refractivity contribution in [3.8, 4) is 17.2 Å². The van der Waals surface area contributed by atoms with Gasteiger partial charge in [-0.25, -0.2) is 0 Å². The van der Waals surface area contributed by atoms with E-state index >= 15 is 0 Å². The molecule has 0 bridgehead atoms. The van der Waals surface area contributed by atoms with Crippen LogP contribution in [0.4, 0.5) is 0 Å². The van der Waals surface area contributed by atoms with Crippen LogP contribution in [0, 0.1) is 0 Å². The summed E-state index contributed by atoms with van der Waals surface area (Å²) in [6.07, 6.45) is 1.75. The Hall–Kier alpha value is -1.64. The SMILES string of the molecule is C=CC.Oc1cccc(O)c1O. The Morgan fingerprint density at radius 2 is 1.50 bits per heavy atom. The van der Waals surface area contributed by atoms with Crippen LogP contribution in [0.5, 0.6) is 17.2 Å². The molecule has 0 saturated carbocycles. The van der Waals surface area contributed by atoms with Crippen LogP contribution in [0.15, 0.2) is 30.9 Å². The van der Waals surface area contributed by atoms with E-state index in [9.17, 15) is 0 Å². The molecule has 1 aromatic rings. The van der Waals surface area contributed by atoms with Crippen molar-refractivity contribution in [1.29, 1.82) is 0 Å². The normalized spacial score (nSPS) is 8.08. The van der Waals surface area contributed by atoms with Crippen molar-refractivity contribution in [1.82, 2.24) is 0 Å². The molecule has 0 atom stereocenters. The zero-order valence-electron chi connectivity index (χ0n) is 6.86. The molecule has 0 aliphatic rings. The molecule has 3 heteroatoms. The largest absolute Gasteiger partial charge is 0.504 e. The summed E-state index contributed by atoms with van der Waals surface area (Å²) in [5.74, 6) is -1.09. The maximum absolute atomic E-state index is 8.71. The van der Waals surface area contributed by atoms with Crippen LogP contribution < -0.4 is 0 Å². The van der Waals surface area contributed by atoms with Crippen LogP contribution >= 0.6 is 0 Å². The quantitative estimate of drug-likeness (QED) is 0.410. The van der Waals surface area contributed by atoms with Gasteiger partial charge in [0.2, 0.25) is 0 Å². The molecule has 12 heavy (non-hydrogen) atoms. The third-order valence-corrected chi connectivity index (χ3v) is 0.993. The summed E-state index contributed by atoms with van der Waals surface area (Å²) < 4.78 is 0. The van der Waals surface area contributed by atoms with Gasteiger partial charge in [-0.1, -0.05) is 12.1 Å². The molecule has 3 N–H and O–H groups in total. The number of rotatable bonds is 0. The maximum Gasteiger partial charge on any atom is 0.200 e. The van der Waals surface area contributed by atoms with E-state index < -0.39 is 5.75 Å². The fraction of sp³-hybridized carbons (Fsp3) is 0.111. The Morgan fingerprint density at radius 3 is 1.75 bits per heavy atom. The summed E-state index contributed by atoms with van der Waals surface area (Å²) in [5, 5.41) is 26.1. The van der Waals surface area contributed by atoms with Gasteiger partial charge in [-0.3, -0.25) is 0 Å². The van der Waals surface area contributed by atoms with Crippen LogP contribution in [0.3, 0.4) is 0 Å². The van der Waals surface area contributed by atoms with Gasteiger partial charge in [0.25, 0.3) is 0 Å². The fourth-order valence-corrected chi connectivity index (χ4v) is 0.519. The molecule has 66 valence electrons. The minimum Gasteiger partial charge on any atom is -0.504 e. The molecule has 0 heterocycles. The second kappa shape index (κ2) is 5.07. The van der Waals surface area contributed by atoms with Crippen LogP contribution in [0.1, 0.15) is 6.92 Å². The molecule has 3 nitrogen and oxygen atoms in total. The minimum atomic E-state index is -0.475. The van der Waals surface area contributed by atoms with Gasteiger partial charge in [0, 0.05) is 0 Å². The molecule has 0 unspecified atom stereocenters. The standard InChI is InChI=1S/C6H6O3.C3H6/c7-4-2-1-3-5(8)6(4)9;1-3-2/h1-3,7-9H;3H,1H2,2H3. The Kier molecular flexibility index (Phi) is 4.38. The maximum atomic E-state index is 8.71. The summed E-state index contributed by atoms with van der Waals surface area (Å²) in [7, 11) is 0. The molecule has 0 aromatic heterocycles. The molecule has 1 rings (SSSR count). The predicted molar refractivity (Wildman–Crippen MR) is 47.3 cm³/mol. The van der Waals surface area contributed by atoms with Gasteiger partial charge in [-0.05, 0) is 19.1 Å². The highest BCUT2D eigenvalue weighted by molar-refractivity contribution is 5.47. The van der Waals surface area contributed by atoms with Crippen molar-refractivity contribution in [3.63, 3.8) is 0 Å². The van der Waals surface area contributed by atoms with Gasteiger partial charge in [0.15, 0.2) is 17.2 Å². The highest BCUT2D eigenvalue weighted by Crippen LogP contribution is 2.32. The number of allylic oxidation sites excluding steroid dienone is 1. The van der Waals surface area contributed by atoms with E-state index in [1.807, 2.05) is 6.92 Å². The van der Waals surface area contributed by atoms with E-state index in [0.717, 1.165) is 0 Å². The zero-order valence-corrected chi connectivity index (χ0v) is 6.86. The number of phenolic OH excluding ortho intramolecular Hbond substituents is 3. The second-order valence-corrected chi connectivity index (χ2v) is 2.05. The van der Waals surface area contributed by atoms with E-state index in [0.29, 0.717) is 0 Å². The fourth-order valence-electron chi connectivity index (χ4n) is 0.519. The van der Waals surface area contributed by atoms with E-state index in [1.54, 1.807) is 6.08 Å². The number of hydrogen-bond acceptors (Lipinski definition) is 3. The predicted octanol–water partition coefficient (Wildman–Crippen LogP) is 2.00. The van der Waals surface area contributed by atoms with Crippen LogP contribution in [0.2, 0.25) is 0 Å². The Morgan fingerprint density at radius 1 is 1.17 bits per heavy atom. The van der Waals surface area contributed by atoms with E-state index in [4.69, 9.17) is 15.3 Å². The number of benzene rings is 1. The number of para-hydroxylation sites is 1. The lowest BCUT2D eigenvalue weighted by Gasteiger charge is -1.96. The van der Waals surface area contributed by atoms with Crippen molar-refractivity contribution in [3.05, 3.63) is 30.9 Å². The number of hydrogen-bond donors (Lipinski definition) is 3. The topological polar surface area (TPSA) is 60.7 Å². The summed E-state index contributed by atoms with van der Waals surface area (Å²) in [6, 6.07) is 4.01. The first-order valence-electron chi connectivity index (χ1n) is 3.40. The lowest BCUT2D eigenvalue weighted by Crippen LogP contribution is -1.67. The van der Waals surface area contributed by atoms with Crippen molar-refractivity contribution >= 4 is 0 Å². The van der Waals surface area contributed by atoms with Crippen LogP contribution in [-0.4, -0.2) is 15.3 Å². The Bertz CT molecular complexity index is 236. The highest BCUT2D eigenvalue weighted by atomic mass is 16.3. The molecule has 0 fully saturated rings. The summed E-state index contributed by atoms with van der Waals surface area (Å²) in [4.78, 5) is 0. The van der Waals surface area contributed by atoms with Gasteiger partial charge < -0.3 is 15.3 Å². The summed E-state index contributed by atoms with van der Waals surface area (Å²) in [5.41, 5.74) is 0. The first-order valence-corrected chi connectivity index (χ1v) is 3.40. The average molecular weight is 168 g/mol. The summed E-state index contributed by atoms with van der Waals surface area (Å²) >= 11 is 0. The third-order valence-electron chi connectivity index (χ3n) is 0.993. The first kappa shape index (κ1) is 10.4. The average Bonchev–Trinajstić information content (AvgIpc) is 2.02. The van der Waals surface area contributed by atoms with E-state index in [1.165, 1.54) is 18.2 Å². The number of aromatic hydroxyl groups is 3. The molecular formula is C9H12O3. The monoisotopic (exact) mass is 168 g/mol. The highest BCUT2D eigenvalue weighted by Gasteiger charge is 2.00. The molecule has 0 aliphatic heterocycles. The summed E-state index contributed by atoms with van der Waals surface area (Å²) in [6.45, 7) is 5.25. The van der Waals surface area contributed by atoms with Crippen LogP contribution in [0.25, 0.3) is 0 Å². The molecule has 0 aliphatic carbocycles. The molecule has 0 spiro atoms. The molecular weight excluding hydrogens is 156 g/mol. The van der Waals surface area contributed by atoms with Crippen molar-refractivity contribution in [2.75, 3.05) is 0 Å². The molecule has 0 radical (unpaired) electrons. The van der Waals surface area contributed by atoms with Gasteiger partial charge in [0.05, 0.1) is 0 Å². The van der Waals surface area contributed by atoms with Crippen LogP contribution in [-0.2, 0) is 0 Å². The van der Waals surface area contributed by atoms with Gasteiger partial charge in [0.1, 0.15) is 0 Å². The second-order valence-electron chi connectivity index (χ2n) is 2.05. The van der Waals surface area contributed by atoms with Crippen molar-refractivity contribution < 1.29 is 15.3 Å². The first-order chi connectivity index (χ1) is 5.63. The molecule has 0 saturated heterocycles. The van der Waals surface area contributed by atoms with Crippen molar-refractivity contribution in [2.45, 2.75) is 6.92 Å². The minimum absolute atomic E-state index is 0.310. The molecule has 0 amide bonds. The van der Waals surface area contributed by atoms with Crippen molar-refractivity contribution in [2.24, 2.45) is 0 Å².